The minimum absolute atomic E-state index is 0.0710. The van der Waals surface area contributed by atoms with Crippen LogP contribution >= 0.6 is 0 Å². The third kappa shape index (κ3) is 3.91. The minimum Gasteiger partial charge on any atom is -0.497 e. The number of urea groups is 1. The predicted octanol–water partition coefficient (Wildman–Crippen LogP) is 1.89. The molecule has 1 atom stereocenters. The van der Waals surface area contributed by atoms with E-state index in [4.69, 9.17) is 9.47 Å². The first-order valence-corrected chi connectivity index (χ1v) is 7.48. The van der Waals surface area contributed by atoms with E-state index in [9.17, 15) is 4.79 Å². The molecule has 2 aromatic rings. The number of amides is 2. The lowest BCUT2D eigenvalue weighted by Gasteiger charge is -2.26. The summed E-state index contributed by atoms with van der Waals surface area (Å²) in [6.45, 7) is 0.848. The molecule has 0 bridgehead atoms. The summed E-state index contributed by atoms with van der Waals surface area (Å²) in [4.78, 5) is 16.2. The standard InChI is InChI=1S/C17H19N3O3/c1-22-15-5-6-16-12(9-15)8-14(11-23-16)20-17(21)19-10-13-4-2-3-7-18-13/h2-7,9,14H,8,10-11H2,1H3,(H2,19,20,21)/t14-/m1/s1. The van der Waals surface area contributed by atoms with Crippen LogP contribution in [0, 0.1) is 0 Å². The zero-order valence-electron chi connectivity index (χ0n) is 12.9. The van der Waals surface area contributed by atoms with Crippen LogP contribution in [-0.2, 0) is 13.0 Å². The fourth-order valence-electron chi connectivity index (χ4n) is 2.50. The zero-order chi connectivity index (χ0) is 16.1. The van der Waals surface area contributed by atoms with Crippen molar-refractivity contribution in [2.24, 2.45) is 0 Å². The number of nitrogens with one attached hydrogen (secondary N) is 2. The van der Waals surface area contributed by atoms with Crippen molar-refractivity contribution in [1.29, 1.82) is 0 Å². The lowest BCUT2D eigenvalue weighted by atomic mass is 10.0. The number of nitrogens with zero attached hydrogens (tertiary/aromatic N) is 1. The molecule has 0 radical (unpaired) electrons. The summed E-state index contributed by atoms with van der Waals surface area (Å²) < 4.78 is 10.9. The number of aromatic nitrogens is 1. The molecule has 2 heterocycles. The Morgan fingerprint density at radius 3 is 3.09 bits per heavy atom. The van der Waals surface area contributed by atoms with Crippen LogP contribution in [0.25, 0.3) is 0 Å². The Bertz CT molecular complexity index is 676. The van der Waals surface area contributed by atoms with Crippen LogP contribution in [0.15, 0.2) is 42.6 Å². The summed E-state index contributed by atoms with van der Waals surface area (Å²) in [5.74, 6) is 1.63. The van der Waals surface area contributed by atoms with Crippen molar-refractivity contribution in [2.45, 2.75) is 19.0 Å². The molecule has 1 aromatic heterocycles. The molecular formula is C17H19N3O3. The van der Waals surface area contributed by atoms with E-state index >= 15 is 0 Å². The second-order valence-corrected chi connectivity index (χ2v) is 5.33. The summed E-state index contributed by atoms with van der Waals surface area (Å²) in [6.07, 6.45) is 2.41. The van der Waals surface area contributed by atoms with Crippen LogP contribution in [0.5, 0.6) is 11.5 Å². The number of carbonyl (C=O) groups excluding carboxylic acids is 1. The lowest BCUT2D eigenvalue weighted by molar-refractivity contribution is 0.214. The van der Waals surface area contributed by atoms with E-state index in [-0.39, 0.29) is 12.1 Å². The Kier molecular flexibility index (Phi) is 4.61. The van der Waals surface area contributed by atoms with Crippen LogP contribution in [0.3, 0.4) is 0 Å². The van der Waals surface area contributed by atoms with Gasteiger partial charge in [-0.25, -0.2) is 4.79 Å². The average molecular weight is 313 g/mol. The van der Waals surface area contributed by atoms with Crippen molar-refractivity contribution >= 4 is 6.03 Å². The molecule has 2 amide bonds. The molecule has 3 rings (SSSR count). The van der Waals surface area contributed by atoms with Crippen LogP contribution in [0.1, 0.15) is 11.3 Å². The Hall–Kier alpha value is -2.76. The third-order valence-electron chi connectivity index (χ3n) is 3.67. The van der Waals surface area contributed by atoms with Gasteiger partial charge in [-0.3, -0.25) is 4.98 Å². The highest BCUT2D eigenvalue weighted by Gasteiger charge is 2.21. The largest absolute Gasteiger partial charge is 0.497 e. The Morgan fingerprint density at radius 2 is 2.30 bits per heavy atom. The van der Waals surface area contributed by atoms with Gasteiger partial charge in [-0.2, -0.15) is 0 Å². The molecule has 2 N–H and O–H groups in total. The highest BCUT2D eigenvalue weighted by Crippen LogP contribution is 2.28. The molecule has 0 fully saturated rings. The van der Waals surface area contributed by atoms with E-state index in [1.165, 1.54) is 0 Å². The van der Waals surface area contributed by atoms with Gasteiger partial charge in [0.1, 0.15) is 18.1 Å². The van der Waals surface area contributed by atoms with Gasteiger partial charge in [-0.15, -0.1) is 0 Å². The molecule has 23 heavy (non-hydrogen) atoms. The second-order valence-electron chi connectivity index (χ2n) is 5.33. The lowest BCUT2D eigenvalue weighted by Crippen LogP contribution is -2.47. The summed E-state index contributed by atoms with van der Waals surface area (Å²) in [5, 5.41) is 5.72. The fourth-order valence-corrected chi connectivity index (χ4v) is 2.50. The van der Waals surface area contributed by atoms with E-state index in [2.05, 4.69) is 15.6 Å². The second kappa shape index (κ2) is 7.00. The van der Waals surface area contributed by atoms with Gasteiger partial charge in [0.15, 0.2) is 0 Å². The van der Waals surface area contributed by atoms with E-state index < -0.39 is 0 Å². The molecule has 0 spiro atoms. The molecule has 1 aliphatic rings. The molecule has 1 aromatic carbocycles. The first-order chi connectivity index (χ1) is 11.2. The smallest absolute Gasteiger partial charge is 0.315 e. The van der Waals surface area contributed by atoms with Crippen molar-refractivity contribution in [3.8, 4) is 11.5 Å². The summed E-state index contributed by atoms with van der Waals surface area (Å²) >= 11 is 0. The maximum Gasteiger partial charge on any atom is 0.315 e. The topological polar surface area (TPSA) is 72.5 Å². The van der Waals surface area contributed by atoms with E-state index in [0.29, 0.717) is 19.6 Å². The molecule has 0 saturated carbocycles. The Morgan fingerprint density at radius 1 is 1.39 bits per heavy atom. The first-order valence-electron chi connectivity index (χ1n) is 7.48. The van der Waals surface area contributed by atoms with Gasteiger partial charge in [-0.1, -0.05) is 6.07 Å². The molecule has 0 unspecified atom stereocenters. The summed E-state index contributed by atoms with van der Waals surface area (Å²) in [7, 11) is 1.63. The number of carbonyl (C=O) groups is 1. The molecular weight excluding hydrogens is 294 g/mol. The molecule has 1 aliphatic heterocycles. The molecule has 6 nitrogen and oxygen atoms in total. The summed E-state index contributed by atoms with van der Waals surface area (Å²) in [6, 6.07) is 11.0. The summed E-state index contributed by atoms with van der Waals surface area (Å²) in [5.41, 5.74) is 1.85. The van der Waals surface area contributed by atoms with Gasteiger partial charge >= 0.3 is 6.03 Å². The Balaban J connectivity index is 1.53. The van der Waals surface area contributed by atoms with Gasteiger partial charge in [0.25, 0.3) is 0 Å². The molecule has 120 valence electrons. The minimum atomic E-state index is -0.226. The maximum absolute atomic E-state index is 12.0. The SMILES string of the molecule is COc1ccc2c(c1)C[C@@H](NC(=O)NCc1ccccn1)CO2. The highest BCUT2D eigenvalue weighted by atomic mass is 16.5. The average Bonchev–Trinajstić information content (AvgIpc) is 2.60. The monoisotopic (exact) mass is 313 g/mol. The molecule has 0 saturated heterocycles. The Labute approximate surface area is 134 Å². The number of hydrogen-bond donors (Lipinski definition) is 2. The van der Waals surface area contributed by atoms with Crippen LogP contribution in [0.2, 0.25) is 0 Å². The predicted molar refractivity (Wildman–Crippen MR) is 85.6 cm³/mol. The number of rotatable bonds is 4. The van der Waals surface area contributed by atoms with Gasteiger partial charge in [-0.05, 0) is 42.3 Å². The van der Waals surface area contributed by atoms with E-state index in [1.54, 1.807) is 13.3 Å². The quantitative estimate of drug-likeness (QED) is 0.904. The number of fused-ring (bicyclic) bond motifs is 1. The van der Waals surface area contributed by atoms with Crippen molar-refractivity contribution < 1.29 is 14.3 Å². The van der Waals surface area contributed by atoms with Crippen LogP contribution in [0.4, 0.5) is 4.79 Å². The zero-order valence-corrected chi connectivity index (χ0v) is 12.9. The van der Waals surface area contributed by atoms with Gasteiger partial charge in [0, 0.05) is 6.20 Å². The van der Waals surface area contributed by atoms with Crippen LogP contribution in [-0.4, -0.2) is 30.8 Å². The number of benzene rings is 1. The molecule has 6 heteroatoms. The maximum atomic E-state index is 12.0. The number of pyridine rings is 1. The van der Waals surface area contributed by atoms with Crippen molar-refractivity contribution in [2.75, 3.05) is 13.7 Å². The number of methoxy groups -OCH3 is 1. The van der Waals surface area contributed by atoms with Crippen LogP contribution < -0.4 is 20.1 Å². The van der Waals surface area contributed by atoms with Gasteiger partial charge in [0.2, 0.25) is 0 Å². The number of ether oxygens (including phenoxy) is 2. The normalized spacial score (nSPS) is 16.0. The number of hydrogen-bond acceptors (Lipinski definition) is 4. The fraction of sp³-hybridized carbons (Fsp3) is 0.294. The molecule has 0 aliphatic carbocycles. The van der Waals surface area contributed by atoms with Crippen molar-refractivity contribution in [3.63, 3.8) is 0 Å². The van der Waals surface area contributed by atoms with Gasteiger partial charge in [0.05, 0.1) is 25.4 Å². The van der Waals surface area contributed by atoms with Crippen molar-refractivity contribution in [3.05, 3.63) is 53.9 Å². The van der Waals surface area contributed by atoms with Gasteiger partial charge < -0.3 is 20.1 Å². The highest BCUT2D eigenvalue weighted by molar-refractivity contribution is 5.74. The van der Waals surface area contributed by atoms with Crippen molar-refractivity contribution in [1.82, 2.24) is 15.6 Å². The first kappa shape index (κ1) is 15.1. The van der Waals surface area contributed by atoms with E-state index in [0.717, 1.165) is 22.8 Å². The third-order valence-corrected chi connectivity index (χ3v) is 3.67. The van der Waals surface area contributed by atoms with E-state index in [1.807, 2.05) is 36.4 Å².